The number of carbonyl (C=O) groups is 2. The number of carboxylic acids is 1. The van der Waals surface area contributed by atoms with Gasteiger partial charge < -0.3 is 14.4 Å². The molecule has 0 radical (unpaired) electrons. The minimum absolute atomic E-state index is 0.103. The monoisotopic (exact) mass is 223 g/mol. The molecule has 1 aromatic rings. The minimum Gasteiger partial charge on any atom is -0.481 e. The number of carbonyl (C=O) groups excluding carboxylic acids is 1. The third kappa shape index (κ3) is 2.08. The summed E-state index contributed by atoms with van der Waals surface area (Å²) >= 11 is 0. The summed E-state index contributed by atoms with van der Waals surface area (Å²) in [4.78, 5) is 23.9. The highest BCUT2D eigenvalue weighted by Gasteiger charge is 2.49. The molecule has 0 saturated heterocycles. The van der Waals surface area contributed by atoms with E-state index in [1.165, 1.54) is 0 Å². The molecule has 1 aliphatic carbocycles. The van der Waals surface area contributed by atoms with Crippen molar-refractivity contribution in [3.63, 3.8) is 0 Å². The molecule has 0 bridgehead atoms. The van der Waals surface area contributed by atoms with Crippen LogP contribution >= 0.6 is 0 Å². The molecule has 1 N–H and O–H groups in total. The lowest BCUT2D eigenvalue weighted by atomic mass is 10.2. The molecule has 1 saturated carbocycles. The zero-order valence-electron chi connectivity index (χ0n) is 8.92. The summed E-state index contributed by atoms with van der Waals surface area (Å²) in [6.07, 6.45) is 3.58. The van der Waals surface area contributed by atoms with Gasteiger partial charge in [0.2, 0.25) is 5.91 Å². The maximum absolute atomic E-state index is 11.8. The summed E-state index contributed by atoms with van der Waals surface area (Å²) in [7, 11) is 1.67. The van der Waals surface area contributed by atoms with Crippen LogP contribution in [-0.2, 0) is 16.1 Å². The molecule has 1 amide bonds. The van der Waals surface area contributed by atoms with E-state index < -0.39 is 11.9 Å². The molecule has 0 aromatic carbocycles. The highest BCUT2D eigenvalue weighted by atomic mass is 16.4. The van der Waals surface area contributed by atoms with Gasteiger partial charge in [-0.15, -0.1) is 0 Å². The molecule has 2 rings (SSSR count). The molecular formula is C11H13NO4. The Bertz CT molecular complexity index is 398. The average molecular weight is 223 g/mol. The van der Waals surface area contributed by atoms with Crippen molar-refractivity contribution in [1.82, 2.24) is 4.90 Å². The van der Waals surface area contributed by atoms with Gasteiger partial charge >= 0.3 is 5.97 Å². The Morgan fingerprint density at radius 2 is 2.31 bits per heavy atom. The summed E-state index contributed by atoms with van der Waals surface area (Å²) in [6, 6.07) is 1.78. The summed E-state index contributed by atoms with van der Waals surface area (Å²) < 4.78 is 4.90. The van der Waals surface area contributed by atoms with Crippen LogP contribution in [0.1, 0.15) is 12.0 Å². The highest BCUT2D eigenvalue weighted by Crippen LogP contribution is 2.40. The SMILES string of the molecule is CN(Cc1ccoc1)C(=O)C1CC1C(=O)O. The fourth-order valence-electron chi connectivity index (χ4n) is 1.76. The van der Waals surface area contributed by atoms with E-state index in [0.29, 0.717) is 13.0 Å². The van der Waals surface area contributed by atoms with Gasteiger partial charge in [0.15, 0.2) is 0 Å². The first-order chi connectivity index (χ1) is 7.59. The van der Waals surface area contributed by atoms with Crippen molar-refractivity contribution in [1.29, 1.82) is 0 Å². The number of rotatable bonds is 4. The number of aliphatic carboxylic acids is 1. The number of hydrogen-bond acceptors (Lipinski definition) is 3. The van der Waals surface area contributed by atoms with Crippen LogP contribution in [0.15, 0.2) is 23.0 Å². The molecule has 5 nitrogen and oxygen atoms in total. The average Bonchev–Trinajstić information content (AvgIpc) is 2.89. The van der Waals surface area contributed by atoms with E-state index in [4.69, 9.17) is 9.52 Å². The summed E-state index contributed by atoms with van der Waals surface area (Å²) in [5.41, 5.74) is 0.906. The van der Waals surface area contributed by atoms with Gasteiger partial charge in [-0.2, -0.15) is 0 Å². The molecule has 2 unspecified atom stereocenters. The largest absolute Gasteiger partial charge is 0.481 e. The number of hydrogen-bond donors (Lipinski definition) is 1. The lowest BCUT2D eigenvalue weighted by molar-refractivity contribution is -0.141. The summed E-state index contributed by atoms with van der Waals surface area (Å²) in [5.74, 6) is -1.81. The Morgan fingerprint density at radius 1 is 1.56 bits per heavy atom. The second kappa shape index (κ2) is 4.00. The molecule has 5 heteroatoms. The summed E-state index contributed by atoms with van der Waals surface area (Å²) in [5, 5.41) is 8.73. The van der Waals surface area contributed by atoms with E-state index >= 15 is 0 Å². The van der Waals surface area contributed by atoms with E-state index in [-0.39, 0.29) is 11.8 Å². The first kappa shape index (κ1) is 10.7. The first-order valence-corrected chi connectivity index (χ1v) is 5.08. The molecule has 1 aliphatic rings. The van der Waals surface area contributed by atoms with E-state index in [2.05, 4.69) is 0 Å². The van der Waals surface area contributed by atoms with Gasteiger partial charge in [0.25, 0.3) is 0 Å². The van der Waals surface area contributed by atoms with E-state index in [9.17, 15) is 9.59 Å². The summed E-state index contributed by atoms with van der Waals surface area (Å²) in [6.45, 7) is 0.457. The van der Waals surface area contributed by atoms with Crippen molar-refractivity contribution in [3.05, 3.63) is 24.2 Å². The normalized spacial score (nSPS) is 22.8. The Hall–Kier alpha value is -1.78. The van der Waals surface area contributed by atoms with Crippen LogP contribution in [-0.4, -0.2) is 28.9 Å². The van der Waals surface area contributed by atoms with E-state index in [1.807, 2.05) is 0 Å². The zero-order valence-corrected chi connectivity index (χ0v) is 8.92. The molecule has 86 valence electrons. The third-order valence-electron chi connectivity index (χ3n) is 2.80. The molecule has 0 spiro atoms. The van der Waals surface area contributed by atoms with Crippen molar-refractivity contribution in [2.45, 2.75) is 13.0 Å². The van der Waals surface area contributed by atoms with Gasteiger partial charge in [0.1, 0.15) is 0 Å². The van der Waals surface area contributed by atoms with Gasteiger partial charge in [0.05, 0.1) is 24.4 Å². The standard InChI is InChI=1S/C11H13NO4/c1-12(5-7-2-3-16-6-7)10(13)8-4-9(8)11(14)15/h2-3,6,8-9H,4-5H2,1H3,(H,14,15). The van der Waals surface area contributed by atoms with Crippen LogP contribution in [0.3, 0.4) is 0 Å². The molecule has 1 heterocycles. The number of furan rings is 1. The highest BCUT2D eigenvalue weighted by molar-refractivity contribution is 5.89. The molecule has 0 aliphatic heterocycles. The second-order valence-electron chi connectivity index (χ2n) is 4.11. The molecule has 16 heavy (non-hydrogen) atoms. The van der Waals surface area contributed by atoms with Crippen molar-refractivity contribution in [3.8, 4) is 0 Å². The van der Waals surface area contributed by atoms with Crippen LogP contribution in [0.25, 0.3) is 0 Å². The van der Waals surface area contributed by atoms with Crippen molar-refractivity contribution < 1.29 is 19.1 Å². The lowest BCUT2D eigenvalue weighted by Crippen LogP contribution is -2.28. The smallest absolute Gasteiger partial charge is 0.307 e. The van der Waals surface area contributed by atoms with Crippen molar-refractivity contribution >= 4 is 11.9 Å². The van der Waals surface area contributed by atoms with E-state index in [0.717, 1.165) is 5.56 Å². The maximum atomic E-state index is 11.8. The number of nitrogens with zero attached hydrogens (tertiary/aromatic N) is 1. The molecular weight excluding hydrogens is 210 g/mol. The van der Waals surface area contributed by atoms with Crippen LogP contribution in [0.4, 0.5) is 0 Å². The Kier molecular flexibility index (Phi) is 2.68. The van der Waals surface area contributed by atoms with Gasteiger partial charge in [-0.3, -0.25) is 9.59 Å². The fraction of sp³-hybridized carbons (Fsp3) is 0.455. The zero-order chi connectivity index (χ0) is 11.7. The Labute approximate surface area is 92.7 Å². The first-order valence-electron chi connectivity index (χ1n) is 5.08. The predicted molar refractivity (Wildman–Crippen MR) is 54.4 cm³/mol. The van der Waals surface area contributed by atoms with Gasteiger partial charge in [-0.25, -0.2) is 0 Å². The Morgan fingerprint density at radius 3 is 2.81 bits per heavy atom. The maximum Gasteiger partial charge on any atom is 0.307 e. The molecule has 2 atom stereocenters. The lowest BCUT2D eigenvalue weighted by Gasteiger charge is -2.15. The van der Waals surface area contributed by atoms with Crippen LogP contribution in [0.2, 0.25) is 0 Å². The predicted octanol–water partition coefficient (Wildman–Crippen LogP) is 0.959. The Balaban J connectivity index is 1.89. The van der Waals surface area contributed by atoms with Crippen molar-refractivity contribution in [2.24, 2.45) is 11.8 Å². The molecule has 1 aromatic heterocycles. The number of carboxylic acid groups (broad SMARTS) is 1. The molecule has 1 fully saturated rings. The van der Waals surface area contributed by atoms with Gasteiger partial charge in [-0.05, 0) is 12.5 Å². The van der Waals surface area contributed by atoms with E-state index in [1.54, 1.807) is 30.5 Å². The second-order valence-corrected chi connectivity index (χ2v) is 4.11. The van der Waals surface area contributed by atoms with Gasteiger partial charge in [0, 0.05) is 19.2 Å². The van der Waals surface area contributed by atoms with Crippen molar-refractivity contribution in [2.75, 3.05) is 7.05 Å². The van der Waals surface area contributed by atoms with Crippen LogP contribution in [0, 0.1) is 11.8 Å². The quantitative estimate of drug-likeness (QED) is 0.825. The topological polar surface area (TPSA) is 70.8 Å². The van der Waals surface area contributed by atoms with Crippen LogP contribution in [0.5, 0.6) is 0 Å². The van der Waals surface area contributed by atoms with Crippen LogP contribution < -0.4 is 0 Å². The fourth-order valence-corrected chi connectivity index (χ4v) is 1.76. The van der Waals surface area contributed by atoms with Gasteiger partial charge in [-0.1, -0.05) is 0 Å². The number of amides is 1. The third-order valence-corrected chi connectivity index (χ3v) is 2.80. The minimum atomic E-state index is -0.880.